The first-order valence-electron chi connectivity index (χ1n) is 7.37. The van der Waals surface area contributed by atoms with Gasteiger partial charge in [-0.25, -0.2) is 8.42 Å². The second-order valence-corrected chi connectivity index (χ2v) is 7.69. The monoisotopic (exact) mass is 419 g/mol. The molecule has 0 bridgehead atoms. The molecule has 1 N–H and O–H groups in total. The van der Waals surface area contributed by atoms with Gasteiger partial charge in [0.2, 0.25) is 0 Å². The third kappa shape index (κ3) is 4.73. The summed E-state index contributed by atoms with van der Waals surface area (Å²) in [5.74, 6) is 0. The summed E-state index contributed by atoms with van der Waals surface area (Å²) in [6, 6.07) is 5.68. The molecular formula is C15H12F3N3O6S. The van der Waals surface area contributed by atoms with Crippen molar-refractivity contribution in [3.05, 3.63) is 67.8 Å². The highest BCUT2D eigenvalue weighted by Crippen LogP contribution is 2.41. The maximum atomic E-state index is 12.9. The maximum Gasteiger partial charge on any atom is 0.416 e. The van der Waals surface area contributed by atoms with E-state index in [0.717, 1.165) is 6.26 Å². The Hall–Kier alpha value is -3.22. The van der Waals surface area contributed by atoms with E-state index in [0.29, 0.717) is 5.56 Å². The number of alkyl halides is 3. The molecule has 0 unspecified atom stereocenters. The maximum absolute atomic E-state index is 12.9. The van der Waals surface area contributed by atoms with Crippen molar-refractivity contribution < 1.29 is 31.4 Å². The van der Waals surface area contributed by atoms with Crippen molar-refractivity contribution in [2.75, 3.05) is 11.6 Å². The fourth-order valence-electron chi connectivity index (χ4n) is 2.29. The van der Waals surface area contributed by atoms with Gasteiger partial charge < -0.3 is 5.32 Å². The van der Waals surface area contributed by atoms with Crippen molar-refractivity contribution in [3.63, 3.8) is 0 Å². The molecule has 0 saturated heterocycles. The molecule has 0 aliphatic carbocycles. The Labute approximate surface area is 156 Å². The summed E-state index contributed by atoms with van der Waals surface area (Å²) in [6.45, 7) is -0.225. The Morgan fingerprint density at radius 2 is 1.46 bits per heavy atom. The van der Waals surface area contributed by atoms with E-state index < -0.39 is 48.5 Å². The van der Waals surface area contributed by atoms with E-state index in [-0.39, 0.29) is 23.6 Å². The summed E-state index contributed by atoms with van der Waals surface area (Å²) in [6.07, 6.45) is -4.01. The fourth-order valence-corrected chi connectivity index (χ4v) is 2.92. The summed E-state index contributed by atoms with van der Waals surface area (Å²) in [4.78, 5) is 20.0. The molecular weight excluding hydrogens is 407 g/mol. The molecule has 2 aromatic rings. The normalized spacial score (nSPS) is 11.9. The third-order valence-electron chi connectivity index (χ3n) is 3.64. The van der Waals surface area contributed by atoms with Crippen LogP contribution in [0.2, 0.25) is 0 Å². The zero-order chi connectivity index (χ0) is 21.3. The van der Waals surface area contributed by atoms with Gasteiger partial charge in [-0.15, -0.1) is 0 Å². The number of benzene rings is 2. The van der Waals surface area contributed by atoms with Gasteiger partial charge in [-0.1, -0.05) is 12.1 Å². The van der Waals surface area contributed by atoms with Crippen LogP contribution in [-0.4, -0.2) is 24.5 Å². The number of nitro benzene ring substituents is 2. The molecule has 9 nitrogen and oxygen atoms in total. The minimum Gasteiger partial charge on any atom is -0.370 e. The van der Waals surface area contributed by atoms with Crippen molar-refractivity contribution in [3.8, 4) is 0 Å². The summed E-state index contributed by atoms with van der Waals surface area (Å²) >= 11 is 0. The van der Waals surface area contributed by atoms with E-state index in [1.165, 1.54) is 24.3 Å². The van der Waals surface area contributed by atoms with Crippen molar-refractivity contribution in [2.45, 2.75) is 17.6 Å². The zero-order valence-electron chi connectivity index (χ0n) is 14.1. The second-order valence-electron chi connectivity index (χ2n) is 5.67. The van der Waals surface area contributed by atoms with Crippen molar-refractivity contribution in [1.82, 2.24) is 0 Å². The van der Waals surface area contributed by atoms with Gasteiger partial charge in [-0.3, -0.25) is 20.2 Å². The number of halogens is 3. The zero-order valence-corrected chi connectivity index (χ0v) is 14.9. The van der Waals surface area contributed by atoms with E-state index in [2.05, 4.69) is 5.32 Å². The van der Waals surface area contributed by atoms with Crippen LogP contribution in [-0.2, 0) is 22.6 Å². The molecule has 2 rings (SSSR count). The molecule has 0 aromatic heterocycles. The van der Waals surface area contributed by atoms with E-state index in [4.69, 9.17) is 0 Å². The number of sulfone groups is 1. The summed E-state index contributed by atoms with van der Waals surface area (Å²) in [5.41, 5.74) is -4.01. The van der Waals surface area contributed by atoms with E-state index in [1.807, 2.05) is 0 Å². The van der Waals surface area contributed by atoms with Gasteiger partial charge in [-0.05, 0) is 17.7 Å². The smallest absolute Gasteiger partial charge is 0.370 e. The van der Waals surface area contributed by atoms with E-state index in [9.17, 15) is 41.8 Å². The second kappa shape index (κ2) is 7.42. The Bertz CT molecular complexity index is 1000. The lowest BCUT2D eigenvalue weighted by molar-refractivity contribution is -0.392. The Kier molecular flexibility index (Phi) is 5.59. The van der Waals surface area contributed by atoms with Crippen molar-refractivity contribution >= 4 is 26.9 Å². The molecule has 0 atom stereocenters. The molecule has 150 valence electrons. The van der Waals surface area contributed by atoms with Crippen LogP contribution in [0.3, 0.4) is 0 Å². The number of nitrogens with zero attached hydrogens (tertiary/aromatic N) is 2. The molecule has 0 saturated carbocycles. The number of anilines is 1. The highest BCUT2D eigenvalue weighted by atomic mass is 32.2. The van der Waals surface area contributed by atoms with Gasteiger partial charge in [0, 0.05) is 24.9 Å². The van der Waals surface area contributed by atoms with Crippen LogP contribution in [0.25, 0.3) is 0 Å². The predicted octanol–water partition coefficient (Wildman–Crippen LogP) is 3.54. The van der Waals surface area contributed by atoms with E-state index in [1.54, 1.807) is 0 Å². The number of hydrogen-bond donors (Lipinski definition) is 1. The predicted molar refractivity (Wildman–Crippen MR) is 91.6 cm³/mol. The lowest BCUT2D eigenvalue weighted by atomic mass is 10.1. The molecule has 0 spiro atoms. The quantitative estimate of drug-likeness (QED) is 0.559. The van der Waals surface area contributed by atoms with Crippen LogP contribution in [0.4, 0.5) is 30.2 Å². The largest absolute Gasteiger partial charge is 0.416 e. The van der Waals surface area contributed by atoms with Crippen LogP contribution < -0.4 is 5.32 Å². The first-order chi connectivity index (χ1) is 12.8. The van der Waals surface area contributed by atoms with Crippen LogP contribution in [0.15, 0.2) is 41.3 Å². The summed E-state index contributed by atoms with van der Waals surface area (Å²) in [7, 11) is -3.45. The van der Waals surface area contributed by atoms with Gasteiger partial charge in [-0.2, -0.15) is 13.2 Å². The van der Waals surface area contributed by atoms with Crippen LogP contribution in [0.1, 0.15) is 11.1 Å². The number of nitro groups is 2. The first kappa shape index (κ1) is 21.1. The standard InChI is InChI=1S/C15H12F3N3O6S/c1-28(26,27)11-4-2-9(3-5-11)8-19-14-12(20(22)23)6-10(15(16,17)18)7-13(14)21(24)25/h2-7,19H,8H2,1H3. The molecule has 0 heterocycles. The van der Waals surface area contributed by atoms with Gasteiger partial charge >= 0.3 is 6.18 Å². The highest BCUT2D eigenvalue weighted by molar-refractivity contribution is 7.90. The topological polar surface area (TPSA) is 132 Å². The average Bonchev–Trinajstić information content (AvgIpc) is 2.57. The van der Waals surface area contributed by atoms with Gasteiger partial charge in [0.1, 0.15) is 0 Å². The van der Waals surface area contributed by atoms with Gasteiger partial charge in [0.25, 0.3) is 11.4 Å². The van der Waals surface area contributed by atoms with Crippen molar-refractivity contribution in [2.24, 2.45) is 0 Å². The number of hydrogen-bond acceptors (Lipinski definition) is 7. The number of rotatable bonds is 6. The Morgan fingerprint density at radius 1 is 1.00 bits per heavy atom. The first-order valence-corrected chi connectivity index (χ1v) is 9.26. The van der Waals surface area contributed by atoms with Crippen LogP contribution in [0, 0.1) is 20.2 Å². The molecule has 0 aliphatic heterocycles. The van der Waals surface area contributed by atoms with Gasteiger partial charge in [0.05, 0.1) is 20.3 Å². The SMILES string of the molecule is CS(=O)(=O)c1ccc(CNc2c([N+](=O)[O-])cc(C(F)(F)F)cc2[N+](=O)[O-])cc1. The molecule has 0 amide bonds. The number of nitrogens with one attached hydrogen (secondary N) is 1. The van der Waals surface area contributed by atoms with Crippen molar-refractivity contribution in [1.29, 1.82) is 0 Å². The summed E-state index contributed by atoms with van der Waals surface area (Å²) < 4.78 is 61.5. The van der Waals surface area contributed by atoms with Crippen LogP contribution in [0.5, 0.6) is 0 Å². The molecule has 28 heavy (non-hydrogen) atoms. The molecule has 2 aromatic carbocycles. The molecule has 13 heteroatoms. The Morgan fingerprint density at radius 3 is 1.82 bits per heavy atom. The molecule has 0 radical (unpaired) electrons. The van der Waals surface area contributed by atoms with Gasteiger partial charge in [0.15, 0.2) is 15.5 Å². The lowest BCUT2D eigenvalue weighted by Crippen LogP contribution is -2.11. The Balaban J connectivity index is 2.44. The minimum atomic E-state index is -5.00. The highest BCUT2D eigenvalue weighted by Gasteiger charge is 2.37. The minimum absolute atomic E-state index is 0.0164. The summed E-state index contributed by atoms with van der Waals surface area (Å²) in [5, 5.41) is 24.7. The lowest BCUT2D eigenvalue weighted by Gasteiger charge is -2.11. The molecule has 0 fully saturated rings. The fraction of sp³-hybridized carbons (Fsp3) is 0.200. The van der Waals surface area contributed by atoms with Crippen LogP contribution >= 0.6 is 0 Å². The third-order valence-corrected chi connectivity index (χ3v) is 4.77. The van der Waals surface area contributed by atoms with E-state index >= 15 is 0 Å². The molecule has 0 aliphatic rings. The average molecular weight is 419 g/mol.